The minimum absolute atomic E-state index is 0.161. The van der Waals surface area contributed by atoms with Crippen LogP contribution < -0.4 is 14.8 Å². The van der Waals surface area contributed by atoms with Gasteiger partial charge < -0.3 is 19.5 Å². The van der Waals surface area contributed by atoms with Gasteiger partial charge in [0.25, 0.3) is 0 Å². The summed E-state index contributed by atoms with van der Waals surface area (Å²) in [5.41, 5.74) is 1.82. The summed E-state index contributed by atoms with van der Waals surface area (Å²) in [6, 6.07) is 12.0. The fourth-order valence-corrected chi connectivity index (χ4v) is 2.46. The van der Waals surface area contributed by atoms with Gasteiger partial charge in [0, 0.05) is 17.3 Å². The zero-order valence-corrected chi connectivity index (χ0v) is 15.9. The van der Waals surface area contributed by atoms with Gasteiger partial charge in [0.2, 0.25) is 5.91 Å². The van der Waals surface area contributed by atoms with E-state index in [0.717, 1.165) is 18.4 Å². The molecule has 2 aromatic carbocycles. The summed E-state index contributed by atoms with van der Waals surface area (Å²) in [6.07, 6.45) is 1.97. The van der Waals surface area contributed by atoms with Crippen LogP contribution in [0.4, 0.5) is 5.69 Å². The third kappa shape index (κ3) is 6.02. The van der Waals surface area contributed by atoms with Crippen molar-refractivity contribution in [2.45, 2.75) is 26.2 Å². The van der Waals surface area contributed by atoms with E-state index in [1.54, 1.807) is 56.7 Å². The molecule has 2 aromatic rings. The van der Waals surface area contributed by atoms with Crippen molar-refractivity contribution in [3.05, 3.63) is 53.6 Å². The Labute approximate surface area is 159 Å². The number of nitrogens with one attached hydrogen (secondary N) is 1. The van der Waals surface area contributed by atoms with E-state index in [9.17, 15) is 9.59 Å². The van der Waals surface area contributed by atoms with Crippen LogP contribution in [0, 0.1) is 0 Å². The quantitative estimate of drug-likeness (QED) is 0.535. The molecule has 0 heterocycles. The van der Waals surface area contributed by atoms with E-state index in [2.05, 4.69) is 5.32 Å². The second kappa shape index (κ2) is 10.2. The molecule has 0 saturated carbocycles. The molecule has 1 amide bonds. The standard InChI is InChI=1S/C21H25NO5/c1-4-5-12-27-21(24)15-6-9-17(10-7-15)22-20(23)13-16-8-11-18(25-2)14-19(16)26-3/h6-11,14H,4-5,12-13H2,1-3H3,(H,22,23). The third-order valence-corrected chi connectivity index (χ3v) is 3.98. The van der Waals surface area contributed by atoms with Gasteiger partial charge in [0.05, 0.1) is 32.8 Å². The summed E-state index contributed by atoms with van der Waals surface area (Å²) in [6.45, 7) is 2.45. The van der Waals surface area contributed by atoms with Crippen LogP contribution in [0.25, 0.3) is 0 Å². The van der Waals surface area contributed by atoms with E-state index in [1.165, 1.54) is 0 Å². The molecule has 0 bridgehead atoms. The average Bonchev–Trinajstić information content (AvgIpc) is 2.68. The Bertz CT molecular complexity index is 771. The smallest absolute Gasteiger partial charge is 0.338 e. The van der Waals surface area contributed by atoms with Crippen LogP contribution in [-0.4, -0.2) is 32.7 Å². The molecule has 0 aliphatic carbocycles. The van der Waals surface area contributed by atoms with Crippen LogP contribution in [0.3, 0.4) is 0 Å². The van der Waals surface area contributed by atoms with Crippen LogP contribution >= 0.6 is 0 Å². The number of hydrogen-bond donors (Lipinski definition) is 1. The first kappa shape index (κ1) is 20.3. The summed E-state index contributed by atoms with van der Waals surface area (Å²) in [7, 11) is 3.12. The molecule has 27 heavy (non-hydrogen) atoms. The van der Waals surface area contributed by atoms with E-state index in [1.807, 2.05) is 6.92 Å². The molecule has 6 heteroatoms. The first-order chi connectivity index (χ1) is 13.1. The second-order valence-corrected chi connectivity index (χ2v) is 5.97. The van der Waals surface area contributed by atoms with Crippen LogP contribution in [0.5, 0.6) is 11.5 Å². The fraction of sp³-hybridized carbons (Fsp3) is 0.333. The maximum Gasteiger partial charge on any atom is 0.338 e. The predicted octanol–water partition coefficient (Wildman–Crippen LogP) is 3.84. The molecule has 0 fully saturated rings. The topological polar surface area (TPSA) is 73.9 Å². The molecule has 0 aliphatic heterocycles. The average molecular weight is 371 g/mol. The SMILES string of the molecule is CCCCOC(=O)c1ccc(NC(=O)Cc2ccc(OC)cc2OC)cc1. The van der Waals surface area contributed by atoms with Crippen LogP contribution in [0.15, 0.2) is 42.5 Å². The summed E-state index contributed by atoms with van der Waals surface area (Å²) in [5.74, 6) is 0.716. The maximum atomic E-state index is 12.3. The Morgan fingerprint density at radius 1 is 1.00 bits per heavy atom. The maximum absolute atomic E-state index is 12.3. The van der Waals surface area contributed by atoms with Gasteiger partial charge in [-0.3, -0.25) is 4.79 Å². The fourth-order valence-electron chi connectivity index (χ4n) is 2.46. The molecule has 0 unspecified atom stereocenters. The minimum atomic E-state index is -0.357. The van der Waals surface area contributed by atoms with Crippen molar-refractivity contribution >= 4 is 17.6 Å². The molecule has 0 spiro atoms. The van der Waals surface area contributed by atoms with Crippen LogP contribution in [0.2, 0.25) is 0 Å². The number of anilines is 1. The summed E-state index contributed by atoms with van der Waals surface area (Å²) < 4.78 is 15.6. The molecule has 0 radical (unpaired) electrons. The van der Waals surface area contributed by atoms with Crippen molar-refractivity contribution in [2.24, 2.45) is 0 Å². The molecular weight excluding hydrogens is 346 g/mol. The Hall–Kier alpha value is -3.02. The van der Waals surface area contributed by atoms with Crippen molar-refractivity contribution in [1.82, 2.24) is 0 Å². The lowest BCUT2D eigenvalue weighted by Gasteiger charge is -2.11. The largest absolute Gasteiger partial charge is 0.497 e. The number of ether oxygens (including phenoxy) is 3. The predicted molar refractivity (Wildman–Crippen MR) is 104 cm³/mol. The molecule has 144 valence electrons. The van der Waals surface area contributed by atoms with Gasteiger partial charge in [-0.15, -0.1) is 0 Å². The third-order valence-electron chi connectivity index (χ3n) is 3.98. The Kier molecular flexibility index (Phi) is 7.67. The van der Waals surface area contributed by atoms with Gasteiger partial charge in [-0.2, -0.15) is 0 Å². The highest BCUT2D eigenvalue weighted by Gasteiger charge is 2.11. The van der Waals surface area contributed by atoms with Crippen molar-refractivity contribution in [3.63, 3.8) is 0 Å². The number of carbonyl (C=O) groups excluding carboxylic acids is 2. The number of carbonyl (C=O) groups is 2. The first-order valence-electron chi connectivity index (χ1n) is 8.85. The number of amides is 1. The summed E-state index contributed by atoms with van der Waals surface area (Å²) in [4.78, 5) is 24.2. The molecular formula is C21H25NO5. The van der Waals surface area contributed by atoms with E-state index in [-0.39, 0.29) is 18.3 Å². The van der Waals surface area contributed by atoms with Crippen LogP contribution in [0.1, 0.15) is 35.7 Å². The van der Waals surface area contributed by atoms with Crippen LogP contribution in [-0.2, 0) is 16.0 Å². The number of esters is 1. The number of unbranched alkanes of at least 4 members (excludes halogenated alkanes) is 1. The Balaban J connectivity index is 1.95. The molecule has 2 rings (SSSR count). The molecule has 0 saturated heterocycles. The van der Waals surface area contributed by atoms with Crippen molar-refractivity contribution in [3.8, 4) is 11.5 Å². The normalized spacial score (nSPS) is 10.2. The number of rotatable bonds is 9. The monoisotopic (exact) mass is 371 g/mol. The highest BCUT2D eigenvalue weighted by molar-refractivity contribution is 5.94. The highest BCUT2D eigenvalue weighted by atomic mass is 16.5. The first-order valence-corrected chi connectivity index (χ1v) is 8.85. The molecule has 0 atom stereocenters. The zero-order valence-electron chi connectivity index (χ0n) is 15.9. The number of methoxy groups -OCH3 is 2. The number of benzene rings is 2. The van der Waals surface area contributed by atoms with Gasteiger partial charge in [0.1, 0.15) is 11.5 Å². The Morgan fingerprint density at radius 3 is 2.37 bits per heavy atom. The molecule has 6 nitrogen and oxygen atoms in total. The van der Waals surface area contributed by atoms with Gasteiger partial charge in [-0.1, -0.05) is 19.4 Å². The van der Waals surface area contributed by atoms with E-state index in [4.69, 9.17) is 14.2 Å². The lowest BCUT2D eigenvalue weighted by atomic mass is 10.1. The van der Waals surface area contributed by atoms with Gasteiger partial charge in [-0.05, 0) is 36.8 Å². The minimum Gasteiger partial charge on any atom is -0.497 e. The van der Waals surface area contributed by atoms with Crippen molar-refractivity contribution < 1.29 is 23.8 Å². The van der Waals surface area contributed by atoms with Gasteiger partial charge >= 0.3 is 5.97 Å². The highest BCUT2D eigenvalue weighted by Crippen LogP contribution is 2.25. The van der Waals surface area contributed by atoms with Crippen molar-refractivity contribution in [1.29, 1.82) is 0 Å². The second-order valence-electron chi connectivity index (χ2n) is 5.97. The lowest BCUT2D eigenvalue weighted by Crippen LogP contribution is -2.15. The Morgan fingerprint density at radius 2 is 1.74 bits per heavy atom. The zero-order chi connectivity index (χ0) is 19.6. The molecule has 0 aliphatic rings. The van der Waals surface area contributed by atoms with Gasteiger partial charge in [-0.25, -0.2) is 4.79 Å². The summed E-state index contributed by atoms with van der Waals surface area (Å²) >= 11 is 0. The number of hydrogen-bond acceptors (Lipinski definition) is 5. The molecule has 1 N–H and O–H groups in total. The van der Waals surface area contributed by atoms with E-state index in [0.29, 0.717) is 29.4 Å². The van der Waals surface area contributed by atoms with Gasteiger partial charge in [0.15, 0.2) is 0 Å². The summed E-state index contributed by atoms with van der Waals surface area (Å²) in [5, 5.41) is 2.81. The van der Waals surface area contributed by atoms with E-state index < -0.39 is 0 Å². The molecule has 0 aromatic heterocycles. The lowest BCUT2D eigenvalue weighted by molar-refractivity contribution is -0.115. The van der Waals surface area contributed by atoms with Crippen molar-refractivity contribution in [2.75, 3.05) is 26.1 Å². The van der Waals surface area contributed by atoms with E-state index >= 15 is 0 Å².